The van der Waals surface area contributed by atoms with Crippen LogP contribution in [-0.4, -0.2) is 54.4 Å². The number of aryl methyl sites for hydroxylation is 1. The number of piperidine rings is 1. The first kappa shape index (κ1) is 18.9. The van der Waals surface area contributed by atoms with Gasteiger partial charge in [-0.2, -0.15) is 0 Å². The van der Waals surface area contributed by atoms with Gasteiger partial charge in [-0.3, -0.25) is 4.79 Å². The highest BCUT2D eigenvalue weighted by atomic mass is 16.5. The highest BCUT2D eigenvalue weighted by molar-refractivity contribution is 5.79. The molecule has 27 heavy (non-hydrogen) atoms. The summed E-state index contributed by atoms with van der Waals surface area (Å²) < 4.78 is 11.0. The maximum atomic E-state index is 12.8. The minimum atomic E-state index is 0.0827. The summed E-state index contributed by atoms with van der Waals surface area (Å²) in [6, 6.07) is 2.82. The molecule has 2 atom stereocenters. The molecule has 0 bridgehead atoms. The molecule has 3 aliphatic rings. The number of hydrogen-bond donors (Lipinski definition) is 1. The fourth-order valence-electron chi connectivity index (χ4n) is 5.00. The highest BCUT2D eigenvalue weighted by Crippen LogP contribution is 2.28. The number of aromatic nitrogens is 1. The number of amides is 1. The van der Waals surface area contributed by atoms with Crippen molar-refractivity contribution in [2.75, 3.05) is 26.3 Å². The highest BCUT2D eigenvalue weighted by Gasteiger charge is 2.34. The van der Waals surface area contributed by atoms with Crippen LogP contribution in [0, 0.1) is 18.8 Å². The summed E-state index contributed by atoms with van der Waals surface area (Å²) in [6.07, 6.45) is 9.58. The molecule has 1 aliphatic carbocycles. The van der Waals surface area contributed by atoms with Gasteiger partial charge in [0.05, 0.1) is 24.9 Å². The average molecular weight is 376 g/mol. The van der Waals surface area contributed by atoms with Gasteiger partial charge in [0.1, 0.15) is 5.76 Å². The molecule has 6 nitrogen and oxygen atoms in total. The lowest BCUT2D eigenvalue weighted by Gasteiger charge is -2.39. The standard InChI is InChI=1S/C21H33N3O3/c1-15-11-19(27-23-15)12-17-13-26-14-20(17)22-21(25)16-7-9-24(10-8-16)18-5-3-2-4-6-18/h11,16-18,20H,2-10,12-14H2,1H3,(H,22,25)/t17-,20+/m1/s1. The number of likely N-dealkylation sites (tertiary alicyclic amines) is 1. The van der Waals surface area contributed by atoms with E-state index in [1.54, 1.807) is 0 Å². The van der Waals surface area contributed by atoms with Crippen molar-refractivity contribution in [3.63, 3.8) is 0 Å². The van der Waals surface area contributed by atoms with Crippen LogP contribution in [0.1, 0.15) is 56.4 Å². The van der Waals surface area contributed by atoms with Gasteiger partial charge in [0.2, 0.25) is 5.91 Å². The maximum absolute atomic E-state index is 12.8. The van der Waals surface area contributed by atoms with Gasteiger partial charge in [-0.05, 0) is 45.7 Å². The van der Waals surface area contributed by atoms with E-state index in [1.807, 2.05) is 13.0 Å². The molecular weight excluding hydrogens is 342 g/mol. The maximum Gasteiger partial charge on any atom is 0.223 e. The molecule has 0 aromatic carbocycles. The van der Waals surface area contributed by atoms with Gasteiger partial charge in [-0.1, -0.05) is 24.4 Å². The van der Waals surface area contributed by atoms with Crippen LogP contribution in [0.3, 0.4) is 0 Å². The predicted molar refractivity (Wildman–Crippen MR) is 102 cm³/mol. The Kier molecular flexibility index (Phi) is 6.13. The average Bonchev–Trinajstić information content (AvgIpc) is 3.31. The molecule has 0 spiro atoms. The van der Waals surface area contributed by atoms with E-state index in [4.69, 9.17) is 9.26 Å². The number of nitrogens with zero attached hydrogens (tertiary/aromatic N) is 2. The van der Waals surface area contributed by atoms with Crippen molar-refractivity contribution < 1.29 is 14.1 Å². The van der Waals surface area contributed by atoms with E-state index in [2.05, 4.69) is 15.4 Å². The molecule has 3 fully saturated rings. The molecule has 150 valence electrons. The van der Waals surface area contributed by atoms with Crippen molar-refractivity contribution in [2.45, 2.75) is 70.4 Å². The Bertz CT molecular complexity index is 618. The third-order valence-corrected chi connectivity index (χ3v) is 6.66. The van der Waals surface area contributed by atoms with Crippen molar-refractivity contribution in [3.05, 3.63) is 17.5 Å². The van der Waals surface area contributed by atoms with E-state index >= 15 is 0 Å². The third kappa shape index (κ3) is 4.72. The molecular formula is C21H33N3O3. The van der Waals surface area contributed by atoms with Gasteiger partial charge >= 0.3 is 0 Å². The summed E-state index contributed by atoms with van der Waals surface area (Å²) in [5, 5.41) is 7.23. The molecule has 2 aliphatic heterocycles. The topological polar surface area (TPSA) is 67.6 Å². The van der Waals surface area contributed by atoms with E-state index in [9.17, 15) is 4.79 Å². The molecule has 4 rings (SSSR count). The second-order valence-corrected chi connectivity index (χ2v) is 8.65. The largest absolute Gasteiger partial charge is 0.379 e. The van der Waals surface area contributed by atoms with Gasteiger partial charge in [0.15, 0.2) is 0 Å². The van der Waals surface area contributed by atoms with Crippen LogP contribution in [0.25, 0.3) is 0 Å². The van der Waals surface area contributed by atoms with E-state index in [0.717, 1.165) is 49.8 Å². The summed E-state index contributed by atoms with van der Waals surface area (Å²) in [4.78, 5) is 15.5. The minimum absolute atomic E-state index is 0.0827. The Balaban J connectivity index is 1.25. The lowest BCUT2D eigenvalue weighted by atomic mass is 9.89. The summed E-state index contributed by atoms with van der Waals surface area (Å²) in [5.41, 5.74) is 0.897. The number of ether oxygens (including phenoxy) is 1. The zero-order valence-corrected chi connectivity index (χ0v) is 16.5. The zero-order chi connectivity index (χ0) is 18.6. The normalized spacial score (nSPS) is 28.5. The molecule has 1 aromatic rings. The van der Waals surface area contributed by atoms with Gasteiger partial charge in [-0.25, -0.2) is 0 Å². The number of carbonyl (C=O) groups excluding carboxylic acids is 1. The van der Waals surface area contributed by atoms with Crippen molar-refractivity contribution in [3.8, 4) is 0 Å². The second kappa shape index (κ2) is 8.74. The number of nitrogens with one attached hydrogen (secondary N) is 1. The quantitative estimate of drug-likeness (QED) is 0.857. The molecule has 0 radical (unpaired) electrons. The first-order valence-electron chi connectivity index (χ1n) is 10.7. The fraction of sp³-hybridized carbons (Fsp3) is 0.810. The molecule has 2 saturated heterocycles. The first-order chi connectivity index (χ1) is 13.2. The number of hydrogen-bond acceptors (Lipinski definition) is 5. The Morgan fingerprint density at radius 3 is 2.67 bits per heavy atom. The second-order valence-electron chi connectivity index (χ2n) is 8.65. The van der Waals surface area contributed by atoms with Gasteiger partial charge in [0, 0.05) is 30.4 Å². The van der Waals surface area contributed by atoms with Crippen LogP contribution >= 0.6 is 0 Å². The lowest BCUT2D eigenvalue weighted by molar-refractivity contribution is -0.127. The fourth-order valence-corrected chi connectivity index (χ4v) is 5.00. The molecule has 1 saturated carbocycles. The van der Waals surface area contributed by atoms with Crippen molar-refractivity contribution in [1.82, 2.24) is 15.4 Å². The van der Waals surface area contributed by atoms with Gasteiger partial charge in [0.25, 0.3) is 0 Å². The Labute approximate surface area is 162 Å². The molecule has 0 unspecified atom stereocenters. The minimum Gasteiger partial charge on any atom is -0.379 e. The molecule has 6 heteroatoms. The molecule has 1 amide bonds. The van der Waals surface area contributed by atoms with Crippen LogP contribution < -0.4 is 5.32 Å². The van der Waals surface area contributed by atoms with E-state index in [-0.39, 0.29) is 23.8 Å². The van der Waals surface area contributed by atoms with Crippen molar-refractivity contribution >= 4 is 5.91 Å². The first-order valence-corrected chi connectivity index (χ1v) is 10.7. The van der Waals surface area contributed by atoms with E-state index in [1.165, 1.54) is 32.1 Å². The van der Waals surface area contributed by atoms with E-state index in [0.29, 0.717) is 13.2 Å². The SMILES string of the molecule is Cc1cc(C[C@@H]2COC[C@@H]2NC(=O)C2CCN(C3CCCCC3)CC2)on1. The van der Waals surface area contributed by atoms with E-state index < -0.39 is 0 Å². The smallest absolute Gasteiger partial charge is 0.223 e. The van der Waals surface area contributed by atoms with Crippen LogP contribution in [0.15, 0.2) is 10.6 Å². The summed E-state index contributed by atoms with van der Waals surface area (Å²) in [6.45, 7) is 5.35. The van der Waals surface area contributed by atoms with Gasteiger partial charge < -0.3 is 19.5 Å². The van der Waals surface area contributed by atoms with Crippen LogP contribution in [0.2, 0.25) is 0 Å². The van der Waals surface area contributed by atoms with Crippen molar-refractivity contribution in [1.29, 1.82) is 0 Å². The van der Waals surface area contributed by atoms with Gasteiger partial charge in [-0.15, -0.1) is 0 Å². The lowest BCUT2D eigenvalue weighted by Crippen LogP contribution is -2.48. The molecule has 1 aromatic heterocycles. The Morgan fingerprint density at radius 2 is 1.96 bits per heavy atom. The van der Waals surface area contributed by atoms with Crippen LogP contribution in [0.5, 0.6) is 0 Å². The summed E-state index contributed by atoms with van der Waals surface area (Å²) in [5.74, 6) is 1.51. The molecule has 3 heterocycles. The molecule has 1 N–H and O–H groups in total. The third-order valence-electron chi connectivity index (χ3n) is 6.66. The summed E-state index contributed by atoms with van der Waals surface area (Å²) >= 11 is 0. The number of carbonyl (C=O) groups is 1. The van der Waals surface area contributed by atoms with Crippen LogP contribution in [0.4, 0.5) is 0 Å². The van der Waals surface area contributed by atoms with Crippen molar-refractivity contribution in [2.24, 2.45) is 11.8 Å². The Morgan fingerprint density at radius 1 is 1.19 bits per heavy atom. The summed E-state index contributed by atoms with van der Waals surface area (Å²) in [7, 11) is 0. The monoisotopic (exact) mass is 375 g/mol. The number of rotatable bonds is 5. The van der Waals surface area contributed by atoms with Crippen LogP contribution in [-0.2, 0) is 16.0 Å². The predicted octanol–water partition coefficient (Wildman–Crippen LogP) is 2.70. The zero-order valence-electron chi connectivity index (χ0n) is 16.5. The Hall–Kier alpha value is -1.40.